The van der Waals surface area contributed by atoms with Crippen LogP contribution >= 0.6 is 0 Å². The van der Waals surface area contributed by atoms with Crippen molar-refractivity contribution < 1.29 is 13.9 Å². The van der Waals surface area contributed by atoms with E-state index in [1.54, 1.807) is 19.2 Å². The Hall–Kier alpha value is -1.64. The zero-order chi connectivity index (χ0) is 14.1. The van der Waals surface area contributed by atoms with Crippen molar-refractivity contribution in [3.05, 3.63) is 29.6 Å². The van der Waals surface area contributed by atoms with Crippen LogP contribution in [0.1, 0.15) is 18.9 Å². The first-order chi connectivity index (χ1) is 9.21. The second-order valence-electron chi connectivity index (χ2n) is 4.08. The van der Waals surface area contributed by atoms with Crippen molar-refractivity contribution in [3.8, 4) is 11.8 Å². The van der Waals surface area contributed by atoms with Gasteiger partial charge in [-0.3, -0.25) is 0 Å². The van der Waals surface area contributed by atoms with Gasteiger partial charge in [0.15, 0.2) is 17.7 Å². The molecule has 1 aromatic rings. The number of hydrogen-bond donors (Lipinski definition) is 1. The minimum absolute atomic E-state index is 0.119. The summed E-state index contributed by atoms with van der Waals surface area (Å²) in [7, 11) is 1.63. The number of nitrogens with zero attached hydrogens (tertiary/aromatic N) is 1. The first-order valence-electron chi connectivity index (χ1n) is 6.25. The van der Waals surface area contributed by atoms with E-state index in [4.69, 9.17) is 14.7 Å². The third kappa shape index (κ3) is 5.25. The van der Waals surface area contributed by atoms with E-state index in [0.29, 0.717) is 26.1 Å². The normalized spacial score (nSPS) is 11.9. The minimum atomic E-state index is -0.611. The fourth-order valence-corrected chi connectivity index (χ4v) is 1.51. The molecule has 1 N–H and O–H groups in total. The molecular formula is C14H19FN2O2. The predicted octanol–water partition coefficient (Wildman–Crippen LogP) is 2.24. The van der Waals surface area contributed by atoms with Crippen LogP contribution in [0.5, 0.6) is 5.75 Å². The van der Waals surface area contributed by atoms with E-state index in [2.05, 4.69) is 5.32 Å². The molecule has 1 atom stereocenters. The maximum atomic E-state index is 13.8. The highest BCUT2D eigenvalue weighted by Crippen LogP contribution is 2.20. The average molecular weight is 266 g/mol. The van der Waals surface area contributed by atoms with Crippen LogP contribution in [-0.2, 0) is 11.3 Å². The minimum Gasteiger partial charge on any atom is -0.473 e. The molecule has 1 aromatic carbocycles. The van der Waals surface area contributed by atoms with Gasteiger partial charge in [-0.05, 0) is 24.1 Å². The van der Waals surface area contributed by atoms with Gasteiger partial charge in [0.1, 0.15) is 6.07 Å². The number of hydrogen-bond acceptors (Lipinski definition) is 4. The molecule has 0 spiro atoms. The van der Waals surface area contributed by atoms with Gasteiger partial charge in [0.25, 0.3) is 0 Å². The lowest BCUT2D eigenvalue weighted by molar-refractivity contribution is 0.199. The van der Waals surface area contributed by atoms with E-state index in [1.807, 2.05) is 13.0 Å². The fourth-order valence-electron chi connectivity index (χ4n) is 1.51. The summed E-state index contributed by atoms with van der Waals surface area (Å²) in [5.74, 6) is -0.325. The number of benzene rings is 1. The van der Waals surface area contributed by atoms with Crippen molar-refractivity contribution in [2.75, 3.05) is 20.3 Å². The third-order valence-corrected chi connectivity index (χ3v) is 2.59. The number of nitrogens with one attached hydrogen (secondary N) is 1. The monoisotopic (exact) mass is 266 g/mol. The summed E-state index contributed by atoms with van der Waals surface area (Å²) in [6.07, 6.45) is -0.0869. The molecule has 0 heterocycles. The van der Waals surface area contributed by atoms with Gasteiger partial charge in [-0.2, -0.15) is 5.26 Å². The van der Waals surface area contributed by atoms with Crippen LogP contribution in [0.3, 0.4) is 0 Å². The topological polar surface area (TPSA) is 54.3 Å². The number of nitriles is 1. The number of methoxy groups -OCH3 is 1. The Balaban J connectivity index is 2.57. The summed E-state index contributed by atoms with van der Waals surface area (Å²) in [5, 5.41) is 11.9. The van der Waals surface area contributed by atoms with Crippen LogP contribution in [0.4, 0.5) is 4.39 Å². The number of rotatable bonds is 8. The molecule has 1 rings (SSSR count). The van der Waals surface area contributed by atoms with E-state index in [-0.39, 0.29) is 5.75 Å². The quantitative estimate of drug-likeness (QED) is 0.733. The molecule has 19 heavy (non-hydrogen) atoms. The van der Waals surface area contributed by atoms with E-state index in [0.717, 1.165) is 5.56 Å². The second kappa shape index (κ2) is 8.46. The highest BCUT2D eigenvalue weighted by Gasteiger charge is 2.10. The van der Waals surface area contributed by atoms with E-state index in [1.165, 1.54) is 6.07 Å². The Kier molecular flexibility index (Phi) is 6.86. The van der Waals surface area contributed by atoms with Crippen molar-refractivity contribution in [2.24, 2.45) is 0 Å². The number of ether oxygens (including phenoxy) is 2. The van der Waals surface area contributed by atoms with Gasteiger partial charge in [0, 0.05) is 20.2 Å². The maximum Gasteiger partial charge on any atom is 0.184 e. The lowest BCUT2D eigenvalue weighted by atomic mass is 10.2. The third-order valence-electron chi connectivity index (χ3n) is 2.59. The Morgan fingerprint density at radius 1 is 1.47 bits per heavy atom. The fraction of sp³-hybridized carbons (Fsp3) is 0.500. The molecule has 0 aliphatic heterocycles. The van der Waals surface area contributed by atoms with Gasteiger partial charge in [0.05, 0.1) is 6.61 Å². The first-order valence-corrected chi connectivity index (χ1v) is 6.25. The summed E-state index contributed by atoms with van der Waals surface area (Å²) in [6, 6.07) is 6.73. The standard InChI is InChI=1S/C14H19FN2O2/c1-3-12(9-16)19-14-5-4-11(8-13(14)15)10-17-6-7-18-2/h4-5,8,12,17H,3,6-7,10H2,1-2H3. The molecule has 0 amide bonds. The molecule has 0 aliphatic carbocycles. The number of halogens is 1. The highest BCUT2D eigenvalue weighted by atomic mass is 19.1. The molecule has 0 aromatic heterocycles. The summed E-state index contributed by atoms with van der Waals surface area (Å²) >= 11 is 0. The van der Waals surface area contributed by atoms with Crippen LogP contribution < -0.4 is 10.1 Å². The average Bonchev–Trinajstić information content (AvgIpc) is 2.43. The molecule has 0 aliphatic rings. The van der Waals surface area contributed by atoms with Gasteiger partial charge < -0.3 is 14.8 Å². The second-order valence-corrected chi connectivity index (χ2v) is 4.08. The Labute approximate surface area is 113 Å². The van der Waals surface area contributed by atoms with E-state index < -0.39 is 11.9 Å². The lowest BCUT2D eigenvalue weighted by Gasteiger charge is -2.12. The molecule has 1 unspecified atom stereocenters. The lowest BCUT2D eigenvalue weighted by Crippen LogP contribution is -2.18. The van der Waals surface area contributed by atoms with Crippen molar-refractivity contribution >= 4 is 0 Å². The molecule has 0 bridgehead atoms. The molecule has 0 saturated carbocycles. The highest BCUT2D eigenvalue weighted by molar-refractivity contribution is 5.30. The molecule has 0 saturated heterocycles. The van der Waals surface area contributed by atoms with Crippen LogP contribution in [0.25, 0.3) is 0 Å². The predicted molar refractivity (Wildman–Crippen MR) is 70.3 cm³/mol. The summed E-state index contributed by atoms with van der Waals surface area (Å²) in [4.78, 5) is 0. The van der Waals surface area contributed by atoms with Gasteiger partial charge in [-0.1, -0.05) is 13.0 Å². The molecule has 104 valence electrons. The summed E-state index contributed by atoms with van der Waals surface area (Å²) in [6.45, 7) is 3.71. The molecule has 0 radical (unpaired) electrons. The van der Waals surface area contributed by atoms with Gasteiger partial charge in [0.2, 0.25) is 0 Å². The van der Waals surface area contributed by atoms with Crippen molar-refractivity contribution in [1.29, 1.82) is 5.26 Å². The van der Waals surface area contributed by atoms with E-state index in [9.17, 15) is 4.39 Å². The molecule has 4 nitrogen and oxygen atoms in total. The summed E-state index contributed by atoms with van der Waals surface area (Å²) < 4.78 is 23.9. The molecule has 0 fully saturated rings. The maximum absolute atomic E-state index is 13.8. The Bertz CT molecular complexity index is 432. The van der Waals surface area contributed by atoms with E-state index >= 15 is 0 Å². The van der Waals surface area contributed by atoms with Crippen molar-refractivity contribution in [3.63, 3.8) is 0 Å². The molecular weight excluding hydrogens is 247 g/mol. The Morgan fingerprint density at radius 3 is 2.84 bits per heavy atom. The zero-order valence-corrected chi connectivity index (χ0v) is 11.3. The van der Waals surface area contributed by atoms with Crippen LogP contribution in [0.2, 0.25) is 0 Å². The summed E-state index contributed by atoms with van der Waals surface area (Å²) in [5.41, 5.74) is 0.825. The SMILES string of the molecule is CCC(C#N)Oc1ccc(CNCCOC)cc1F. The Morgan fingerprint density at radius 2 is 2.26 bits per heavy atom. The van der Waals surface area contributed by atoms with Crippen LogP contribution in [0.15, 0.2) is 18.2 Å². The van der Waals surface area contributed by atoms with Crippen LogP contribution in [-0.4, -0.2) is 26.4 Å². The van der Waals surface area contributed by atoms with Crippen molar-refractivity contribution in [2.45, 2.75) is 26.0 Å². The smallest absolute Gasteiger partial charge is 0.184 e. The van der Waals surface area contributed by atoms with Gasteiger partial charge >= 0.3 is 0 Å². The van der Waals surface area contributed by atoms with Crippen molar-refractivity contribution in [1.82, 2.24) is 5.32 Å². The molecule has 5 heteroatoms. The zero-order valence-electron chi connectivity index (χ0n) is 11.3. The first kappa shape index (κ1) is 15.4. The largest absolute Gasteiger partial charge is 0.473 e. The van der Waals surface area contributed by atoms with Crippen LogP contribution in [0, 0.1) is 17.1 Å². The van der Waals surface area contributed by atoms with Gasteiger partial charge in [-0.25, -0.2) is 4.39 Å². The van der Waals surface area contributed by atoms with Gasteiger partial charge in [-0.15, -0.1) is 0 Å².